The Hall–Kier alpha value is -0.120. The monoisotopic (exact) mass is 214 g/mol. The van der Waals surface area contributed by atoms with Crippen LogP contribution in [-0.2, 0) is 4.74 Å². The highest BCUT2D eigenvalue weighted by Crippen LogP contribution is 2.42. The Morgan fingerprint density at radius 1 is 1.47 bits per heavy atom. The molecule has 1 heterocycles. The predicted octanol–water partition coefficient (Wildman–Crippen LogP) is 1.38. The summed E-state index contributed by atoms with van der Waals surface area (Å²) in [5.74, 6) is 0. The lowest BCUT2D eigenvalue weighted by molar-refractivity contribution is -0.0343. The third-order valence-electron chi connectivity index (χ3n) is 3.96. The molecular formula is C12H26N2O. The second-order valence-corrected chi connectivity index (χ2v) is 5.68. The van der Waals surface area contributed by atoms with E-state index < -0.39 is 0 Å². The molecule has 0 saturated carbocycles. The van der Waals surface area contributed by atoms with Crippen LogP contribution in [0.15, 0.2) is 0 Å². The first-order valence-corrected chi connectivity index (χ1v) is 5.97. The van der Waals surface area contributed by atoms with Gasteiger partial charge in [0.05, 0.1) is 12.7 Å². The van der Waals surface area contributed by atoms with E-state index in [4.69, 9.17) is 10.5 Å². The molecule has 0 aromatic heterocycles. The molecule has 0 radical (unpaired) electrons. The van der Waals surface area contributed by atoms with Crippen molar-refractivity contribution in [3.63, 3.8) is 0 Å². The van der Waals surface area contributed by atoms with Gasteiger partial charge in [-0.05, 0) is 11.8 Å². The number of rotatable bonds is 2. The van der Waals surface area contributed by atoms with Gasteiger partial charge in [-0.1, -0.05) is 27.7 Å². The van der Waals surface area contributed by atoms with E-state index in [0.29, 0.717) is 6.54 Å². The normalized spacial score (nSPS) is 33.8. The summed E-state index contributed by atoms with van der Waals surface area (Å²) in [6.45, 7) is 12.5. The largest absolute Gasteiger partial charge is 0.375 e. The summed E-state index contributed by atoms with van der Waals surface area (Å²) < 4.78 is 5.90. The number of nitrogens with two attached hydrogens (primary N) is 1. The molecule has 0 aliphatic carbocycles. The lowest BCUT2D eigenvalue weighted by atomic mass is 9.65. The predicted molar refractivity (Wildman–Crippen MR) is 63.8 cm³/mol. The van der Waals surface area contributed by atoms with E-state index in [1.165, 1.54) is 0 Å². The van der Waals surface area contributed by atoms with Crippen molar-refractivity contribution in [2.24, 2.45) is 16.6 Å². The summed E-state index contributed by atoms with van der Waals surface area (Å²) in [5.41, 5.74) is 6.14. The zero-order valence-electron chi connectivity index (χ0n) is 10.6. The average Bonchev–Trinajstić information content (AvgIpc) is 2.38. The van der Waals surface area contributed by atoms with Crippen LogP contribution in [0.4, 0.5) is 0 Å². The molecule has 0 amide bonds. The van der Waals surface area contributed by atoms with Crippen molar-refractivity contribution in [3.8, 4) is 0 Å². The molecule has 15 heavy (non-hydrogen) atoms. The topological polar surface area (TPSA) is 47.3 Å². The van der Waals surface area contributed by atoms with Gasteiger partial charge in [0.25, 0.3) is 0 Å². The quantitative estimate of drug-likeness (QED) is 0.730. The Bertz CT molecular complexity index is 200. The minimum Gasteiger partial charge on any atom is -0.375 e. The first-order chi connectivity index (χ1) is 6.95. The molecule has 1 rings (SSSR count). The average molecular weight is 214 g/mol. The molecule has 1 aliphatic heterocycles. The lowest BCUT2D eigenvalue weighted by Gasteiger charge is -2.43. The van der Waals surface area contributed by atoms with Gasteiger partial charge in [-0.25, -0.2) is 0 Å². The van der Waals surface area contributed by atoms with Crippen LogP contribution in [0.1, 0.15) is 34.1 Å². The molecule has 1 saturated heterocycles. The zero-order valence-corrected chi connectivity index (χ0v) is 10.6. The van der Waals surface area contributed by atoms with Crippen LogP contribution in [0.2, 0.25) is 0 Å². The fourth-order valence-corrected chi connectivity index (χ4v) is 2.25. The van der Waals surface area contributed by atoms with Crippen LogP contribution in [0.3, 0.4) is 0 Å². The van der Waals surface area contributed by atoms with Crippen LogP contribution >= 0.6 is 0 Å². The third kappa shape index (κ3) is 2.71. The molecule has 3 nitrogen and oxygen atoms in total. The van der Waals surface area contributed by atoms with Crippen LogP contribution in [-0.4, -0.2) is 32.3 Å². The van der Waals surface area contributed by atoms with Crippen molar-refractivity contribution in [3.05, 3.63) is 0 Å². The number of ether oxygens (including phenoxy) is 1. The number of hydrogen-bond donors (Lipinski definition) is 2. The van der Waals surface area contributed by atoms with E-state index in [9.17, 15) is 0 Å². The molecule has 0 bridgehead atoms. The van der Waals surface area contributed by atoms with Gasteiger partial charge in [-0.15, -0.1) is 0 Å². The lowest BCUT2D eigenvalue weighted by Crippen LogP contribution is -2.45. The summed E-state index contributed by atoms with van der Waals surface area (Å²) in [6.07, 6.45) is 1.32. The number of hydrogen-bond acceptors (Lipinski definition) is 3. The van der Waals surface area contributed by atoms with E-state index in [1.807, 2.05) is 0 Å². The van der Waals surface area contributed by atoms with Gasteiger partial charge < -0.3 is 15.8 Å². The number of nitrogens with one attached hydrogen (secondary N) is 1. The molecule has 90 valence electrons. The van der Waals surface area contributed by atoms with E-state index in [-0.39, 0.29) is 16.9 Å². The fraction of sp³-hybridized carbons (Fsp3) is 1.00. The van der Waals surface area contributed by atoms with E-state index in [0.717, 1.165) is 26.1 Å². The molecular weight excluding hydrogens is 188 g/mol. The van der Waals surface area contributed by atoms with Crippen LogP contribution < -0.4 is 11.1 Å². The van der Waals surface area contributed by atoms with Gasteiger partial charge >= 0.3 is 0 Å². The Kier molecular flexibility index (Phi) is 4.15. The Labute approximate surface area is 93.8 Å². The molecule has 0 spiro atoms. The Balaban J connectivity index is 2.75. The minimum absolute atomic E-state index is 0.181. The Morgan fingerprint density at radius 2 is 2.13 bits per heavy atom. The van der Waals surface area contributed by atoms with Gasteiger partial charge in [0.1, 0.15) is 0 Å². The highest BCUT2D eigenvalue weighted by molar-refractivity contribution is 4.93. The first kappa shape index (κ1) is 12.9. The minimum atomic E-state index is 0.181. The summed E-state index contributed by atoms with van der Waals surface area (Å²) in [5, 5.41) is 3.49. The van der Waals surface area contributed by atoms with Gasteiger partial charge in [0, 0.05) is 25.0 Å². The van der Waals surface area contributed by atoms with E-state index in [2.05, 4.69) is 33.0 Å². The molecule has 0 aromatic rings. The van der Waals surface area contributed by atoms with Crippen molar-refractivity contribution in [1.29, 1.82) is 0 Å². The molecule has 1 aliphatic rings. The first-order valence-electron chi connectivity index (χ1n) is 5.97. The van der Waals surface area contributed by atoms with Gasteiger partial charge in [0.2, 0.25) is 0 Å². The van der Waals surface area contributed by atoms with Crippen LogP contribution in [0, 0.1) is 10.8 Å². The Morgan fingerprint density at radius 3 is 2.60 bits per heavy atom. The van der Waals surface area contributed by atoms with Gasteiger partial charge in [0.15, 0.2) is 0 Å². The SMILES string of the molecule is CCC1(C(C)(C)C)CNCC(CN)OC1. The molecule has 2 unspecified atom stereocenters. The maximum atomic E-state index is 5.90. The maximum Gasteiger partial charge on any atom is 0.0821 e. The third-order valence-corrected chi connectivity index (χ3v) is 3.96. The molecule has 0 aromatic carbocycles. The maximum absolute atomic E-state index is 5.90. The summed E-state index contributed by atoms with van der Waals surface area (Å²) >= 11 is 0. The van der Waals surface area contributed by atoms with Crippen molar-refractivity contribution in [2.45, 2.75) is 40.2 Å². The van der Waals surface area contributed by atoms with Crippen molar-refractivity contribution >= 4 is 0 Å². The van der Waals surface area contributed by atoms with Crippen LogP contribution in [0.25, 0.3) is 0 Å². The second kappa shape index (κ2) is 4.81. The molecule has 3 N–H and O–H groups in total. The van der Waals surface area contributed by atoms with Crippen LogP contribution in [0.5, 0.6) is 0 Å². The standard InChI is InChI=1S/C12H26N2O/c1-5-12(11(2,3)4)8-14-7-10(6-13)15-9-12/h10,14H,5-9,13H2,1-4H3. The molecule has 2 atom stereocenters. The van der Waals surface area contributed by atoms with Crippen molar-refractivity contribution in [1.82, 2.24) is 5.32 Å². The van der Waals surface area contributed by atoms with E-state index >= 15 is 0 Å². The van der Waals surface area contributed by atoms with Gasteiger partial charge in [-0.3, -0.25) is 0 Å². The highest BCUT2D eigenvalue weighted by atomic mass is 16.5. The highest BCUT2D eigenvalue weighted by Gasteiger charge is 2.42. The summed E-state index contributed by atoms with van der Waals surface area (Å²) in [4.78, 5) is 0. The van der Waals surface area contributed by atoms with Crippen molar-refractivity contribution < 1.29 is 4.74 Å². The summed E-state index contributed by atoms with van der Waals surface area (Å²) in [7, 11) is 0. The second-order valence-electron chi connectivity index (χ2n) is 5.68. The van der Waals surface area contributed by atoms with Gasteiger partial charge in [-0.2, -0.15) is 0 Å². The van der Waals surface area contributed by atoms with E-state index in [1.54, 1.807) is 0 Å². The smallest absolute Gasteiger partial charge is 0.0821 e. The summed E-state index contributed by atoms with van der Waals surface area (Å²) in [6, 6.07) is 0. The van der Waals surface area contributed by atoms with Crippen molar-refractivity contribution in [2.75, 3.05) is 26.2 Å². The zero-order chi connectivity index (χ0) is 11.5. The fourth-order valence-electron chi connectivity index (χ4n) is 2.25. The molecule has 3 heteroatoms. The molecule has 1 fully saturated rings.